The second-order valence-electron chi connectivity index (χ2n) is 7.30. The van der Waals surface area contributed by atoms with Crippen LogP contribution in [0.1, 0.15) is 43.1 Å². The minimum Gasteiger partial charge on any atom is -0.496 e. The molecule has 3 rings (SSSR count). The first-order chi connectivity index (χ1) is 14.4. The first-order valence-electron chi connectivity index (χ1n) is 10.0. The van der Waals surface area contributed by atoms with E-state index in [9.17, 15) is 9.59 Å². The van der Waals surface area contributed by atoms with Gasteiger partial charge in [-0.1, -0.05) is 13.0 Å². The molecule has 1 aliphatic heterocycles. The van der Waals surface area contributed by atoms with E-state index >= 15 is 0 Å². The van der Waals surface area contributed by atoms with Crippen molar-refractivity contribution in [3.05, 3.63) is 47.5 Å². The summed E-state index contributed by atoms with van der Waals surface area (Å²) in [6, 6.07) is 10.7. The van der Waals surface area contributed by atoms with Crippen LogP contribution < -0.4 is 19.5 Å². The van der Waals surface area contributed by atoms with Crippen molar-refractivity contribution in [1.82, 2.24) is 4.90 Å². The van der Waals surface area contributed by atoms with Crippen LogP contribution in [0.3, 0.4) is 0 Å². The Morgan fingerprint density at radius 3 is 2.50 bits per heavy atom. The fourth-order valence-electron chi connectivity index (χ4n) is 3.49. The molecule has 0 radical (unpaired) electrons. The number of fused-ring (bicyclic) bond motifs is 1. The predicted molar refractivity (Wildman–Crippen MR) is 114 cm³/mol. The lowest BCUT2D eigenvalue weighted by atomic mass is 10.1. The Labute approximate surface area is 176 Å². The minimum absolute atomic E-state index is 0.0371. The number of nitrogens with one attached hydrogen (secondary N) is 1. The number of rotatable bonds is 6. The fourth-order valence-corrected chi connectivity index (χ4v) is 3.49. The highest BCUT2D eigenvalue weighted by atomic mass is 16.5. The van der Waals surface area contributed by atoms with E-state index in [4.69, 9.17) is 14.2 Å². The van der Waals surface area contributed by atoms with Crippen LogP contribution in [0, 0.1) is 0 Å². The summed E-state index contributed by atoms with van der Waals surface area (Å²) in [6.45, 7) is 6.26. The van der Waals surface area contributed by atoms with Crippen LogP contribution in [0.4, 0.5) is 5.69 Å². The largest absolute Gasteiger partial charge is 0.496 e. The van der Waals surface area contributed by atoms with Crippen molar-refractivity contribution in [2.75, 3.05) is 19.5 Å². The van der Waals surface area contributed by atoms with Gasteiger partial charge in [-0.2, -0.15) is 0 Å². The molecule has 7 nitrogen and oxygen atoms in total. The number of hydrogen-bond donors (Lipinski definition) is 1. The van der Waals surface area contributed by atoms with E-state index in [-0.39, 0.29) is 17.9 Å². The molecule has 30 heavy (non-hydrogen) atoms. The third-order valence-electron chi connectivity index (χ3n) is 5.37. The van der Waals surface area contributed by atoms with Gasteiger partial charge in [-0.3, -0.25) is 9.59 Å². The molecule has 0 saturated carbocycles. The summed E-state index contributed by atoms with van der Waals surface area (Å²) in [6.07, 6.45) is 0.288. The molecular formula is C23H28N2O5. The maximum Gasteiger partial charge on any atom is 0.263 e. The van der Waals surface area contributed by atoms with Gasteiger partial charge in [0.2, 0.25) is 0 Å². The molecule has 1 heterocycles. The Hall–Kier alpha value is -3.22. The molecule has 2 amide bonds. The van der Waals surface area contributed by atoms with Crippen molar-refractivity contribution in [2.24, 2.45) is 0 Å². The number of carbonyl (C=O) groups is 2. The first-order valence-corrected chi connectivity index (χ1v) is 10.0. The standard InChI is InChI=1S/C23H28N2O5/c1-6-14(2)25-13-16-12-17(10-11-18(16)30-15(3)23(25)27)24-22(26)21-19(28-4)8-7-9-20(21)29-5/h7-12,14-15H,6,13H2,1-5H3,(H,24,26)/t14-,15+/m1/s1. The van der Waals surface area contributed by atoms with Gasteiger partial charge in [0.05, 0.1) is 14.2 Å². The number of carbonyl (C=O) groups excluding carboxylic acids is 2. The molecule has 1 aliphatic rings. The minimum atomic E-state index is -0.557. The van der Waals surface area contributed by atoms with Gasteiger partial charge in [-0.15, -0.1) is 0 Å². The molecule has 0 unspecified atom stereocenters. The van der Waals surface area contributed by atoms with Gasteiger partial charge in [0.1, 0.15) is 22.8 Å². The summed E-state index contributed by atoms with van der Waals surface area (Å²) in [5.74, 6) is 1.11. The predicted octanol–water partition coefficient (Wildman–Crippen LogP) is 3.86. The number of hydrogen-bond acceptors (Lipinski definition) is 5. The quantitative estimate of drug-likeness (QED) is 0.780. The van der Waals surface area contributed by atoms with Crippen molar-refractivity contribution in [3.63, 3.8) is 0 Å². The summed E-state index contributed by atoms with van der Waals surface area (Å²) in [7, 11) is 3.01. The Morgan fingerprint density at radius 2 is 1.90 bits per heavy atom. The third-order valence-corrected chi connectivity index (χ3v) is 5.37. The van der Waals surface area contributed by atoms with Gasteiger partial charge in [-0.25, -0.2) is 0 Å². The number of methoxy groups -OCH3 is 2. The summed E-state index contributed by atoms with van der Waals surface area (Å²) in [5, 5.41) is 2.90. The summed E-state index contributed by atoms with van der Waals surface area (Å²) >= 11 is 0. The monoisotopic (exact) mass is 412 g/mol. The zero-order valence-electron chi connectivity index (χ0n) is 18.0. The van der Waals surface area contributed by atoms with Gasteiger partial charge in [0.15, 0.2) is 6.10 Å². The highest BCUT2D eigenvalue weighted by Crippen LogP contribution is 2.32. The average molecular weight is 412 g/mol. The van der Waals surface area contributed by atoms with Crippen LogP contribution in [0.5, 0.6) is 17.2 Å². The van der Waals surface area contributed by atoms with Crippen molar-refractivity contribution < 1.29 is 23.8 Å². The van der Waals surface area contributed by atoms with Crippen LogP contribution in [0.25, 0.3) is 0 Å². The molecule has 0 spiro atoms. The summed E-state index contributed by atoms with van der Waals surface area (Å²) in [4.78, 5) is 27.5. The molecule has 0 saturated heterocycles. The van der Waals surface area contributed by atoms with E-state index in [1.165, 1.54) is 14.2 Å². The molecular weight excluding hydrogens is 384 g/mol. The smallest absolute Gasteiger partial charge is 0.263 e. The van der Waals surface area contributed by atoms with Gasteiger partial charge < -0.3 is 24.4 Å². The molecule has 2 aromatic carbocycles. The molecule has 2 atom stereocenters. The normalized spacial score (nSPS) is 16.8. The zero-order valence-corrected chi connectivity index (χ0v) is 18.0. The number of anilines is 1. The van der Waals surface area contributed by atoms with Gasteiger partial charge >= 0.3 is 0 Å². The van der Waals surface area contributed by atoms with Crippen LogP contribution in [-0.2, 0) is 11.3 Å². The van der Waals surface area contributed by atoms with Crippen LogP contribution in [-0.4, -0.2) is 43.1 Å². The lowest BCUT2D eigenvalue weighted by Gasteiger charge is -2.28. The highest BCUT2D eigenvalue weighted by Gasteiger charge is 2.30. The van der Waals surface area contributed by atoms with Crippen molar-refractivity contribution in [1.29, 1.82) is 0 Å². The molecule has 0 aliphatic carbocycles. The van der Waals surface area contributed by atoms with Gasteiger partial charge in [0.25, 0.3) is 11.8 Å². The third kappa shape index (κ3) is 4.20. The Kier molecular flexibility index (Phi) is 6.50. The molecule has 0 bridgehead atoms. The molecule has 0 aromatic heterocycles. The molecule has 2 aromatic rings. The van der Waals surface area contributed by atoms with Crippen LogP contribution >= 0.6 is 0 Å². The van der Waals surface area contributed by atoms with Gasteiger partial charge in [-0.05, 0) is 50.6 Å². The molecule has 160 valence electrons. The van der Waals surface area contributed by atoms with E-state index in [0.29, 0.717) is 35.0 Å². The van der Waals surface area contributed by atoms with Crippen molar-refractivity contribution in [3.8, 4) is 17.2 Å². The van der Waals surface area contributed by atoms with Crippen LogP contribution in [0.2, 0.25) is 0 Å². The lowest BCUT2D eigenvalue weighted by molar-refractivity contribution is -0.139. The number of ether oxygens (including phenoxy) is 3. The van der Waals surface area contributed by atoms with E-state index in [1.807, 2.05) is 24.8 Å². The topological polar surface area (TPSA) is 77.1 Å². The Balaban J connectivity index is 1.91. The maximum atomic E-state index is 13.0. The van der Waals surface area contributed by atoms with Gasteiger partial charge in [0, 0.05) is 23.8 Å². The first kappa shape index (κ1) is 21.5. The Bertz CT molecular complexity index is 921. The van der Waals surface area contributed by atoms with E-state index in [2.05, 4.69) is 5.32 Å². The van der Waals surface area contributed by atoms with Crippen molar-refractivity contribution in [2.45, 2.75) is 45.9 Å². The van der Waals surface area contributed by atoms with E-state index < -0.39 is 6.10 Å². The maximum absolute atomic E-state index is 13.0. The average Bonchev–Trinajstić information content (AvgIpc) is 2.88. The number of benzene rings is 2. The van der Waals surface area contributed by atoms with Crippen LogP contribution in [0.15, 0.2) is 36.4 Å². The lowest BCUT2D eigenvalue weighted by Crippen LogP contribution is -2.42. The van der Waals surface area contributed by atoms with E-state index in [1.54, 1.807) is 37.3 Å². The SMILES string of the molecule is CC[C@@H](C)N1Cc2cc(NC(=O)c3c(OC)cccc3OC)ccc2O[C@@H](C)C1=O. The fraction of sp³-hybridized carbons (Fsp3) is 0.391. The Morgan fingerprint density at radius 1 is 1.23 bits per heavy atom. The zero-order chi connectivity index (χ0) is 21.8. The van der Waals surface area contributed by atoms with Crippen molar-refractivity contribution >= 4 is 17.5 Å². The number of nitrogens with zero attached hydrogens (tertiary/aromatic N) is 1. The second-order valence-corrected chi connectivity index (χ2v) is 7.30. The molecule has 0 fully saturated rings. The number of amides is 2. The van der Waals surface area contributed by atoms with E-state index in [0.717, 1.165) is 12.0 Å². The summed E-state index contributed by atoms with van der Waals surface area (Å²) < 4.78 is 16.5. The molecule has 1 N–H and O–H groups in total. The highest BCUT2D eigenvalue weighted by molar-refractivity contribution is 6.08. The molecule has 7 heteroatoms. The second kappa shape index (κ2) is 9.07. The summed E-state index contributed by atoms with van der Waals surface area (Å²) in [5.41, 5.74) is 1.76.